The van der Waals surface area contributed by atoms with Gasteiger partial charge in [0.25, 0.3) is 5.91 Å². The maximum absolute atomic E-state index is 13.5. The van der Waals surface area contributed by atoms with Gasteiger partial charge in [-0.15, -0.1) is 12.4 Å². The first kappa shape index (κ1) is 20.8. The molecule has 1 aromatic heterocycles. The van der Waals surface area contributed by atoms with Crippen molar-refractivity contribution in [2.24, 2.45) is 7.05 Å². The fourth-order valence-corrected chi connectivity index (χ4v) is 5.37. The molecule has 0 saturated carbocycles. The second kappa shape index (κ2) is 7.97. The molecule has 0 aliphatic carbocycles. The zero-order chi connectivity index (χ0) is 20.1. The van der Waals surface area contributed by atoms with Crippen molar-refractivity contribution in [1.29, 1.82) is 0 Å². The Labute approximate surface area is 183 Å². The number of halogens is 1. The van der Waals surface area contributed by atoms with E-state index in [9.17, 15) is 9.90 Å². The Bertz CT molecular complexity index is 1060. The van der Waals surface area contributed by atoms with Gasteiger partial charge in [0.15, 0.2) is 0 Å². The van der Waals surface area contributed by atoms with Crippen LogP contribution in [0.1, 0.15) is 36.0 Å². The number of carbonyl (C=O) groups is 1. The molecule has 0 radical (unpaired) electrons. The zero-order valence-corrected chi connectivity index (χ0v) is 18.2. The lowest BCUT2D eigenvalue weighted by Crippen LogP contribution is -2.48. The minimum atomic E-state index is -0.00109. The minimum Gasteiger partial charge on any atom is -0.508 e. The van der Waals surface area contributed by atoms with E-state index in [0.717, 1.165) is 40.6 Å². The van der Waals surface area contributed by atoms with E-state index in [4.69, 9.17) is 0 Å². The summed E-state index contributed by atoms with van der Waals surface area (Å²) in [7, 11) is 4.21. The summed E-state index contributed by atoms with van der Waals surface area (Å²) in [5.74, 6) is 0.221. The maximum atomic E-state index is 13.5. The Kier molecular flexibility index (Phi) is 5.51. The van der Waals surface area contributed by atoms with E-state index < -0.39 is 0 Å². The molecule has 2 aromatic carbocycles. The molecule has 2 N–H and O–H groups in total. The number of aromatic hydroxyl groups is 1. The van der Waals surface area contributed by atoms with E-state index in [2.05, 4.69) is 21.8 Å². The van der Waals surface area contributed by atoms with Crippen LogP contribution in [0, 0.1) is 0 Å². The summed E-state index contributed by atoms with van der Waals surface area (Å²) in [6.07, 6.45) is 4.53. The number of benzene rings is 2. The van der Waals surface area contributed by atoms with Crippen LogP contribution >= 0.6 is 12.4 Å². The first-order chi connectivity index (χ1) is 14.0. The van der Waals surface area contributed by atoms with E-state index in [0.29, 0.717) is 12.1 Å². The standard InChI is InChI=1S/C24H27N3O2.ClH/c1-26-17-9-10-18(26)14-16(13-17)25-24(29)22-20-5-3-4-6-21(20)27(2)23(22)15-7-11-19(28)12-8-15;/h3-8,11-12,16-18,28H,9-10,13-14H2,1-2H3,(H,25,29);1H. The molecule has 2 aliphatic rings. The first-order valence-electron chi connectivity index (χ1n) is 10.4. The largest absolute Gasteiger partial charge is 0.508 e. The number of rotatable bonds is 3. The average molecular weight is 426 g/mol. The van der Waals surface area contributed by atoms with Gasteiger partial charge in [0.1, 0.15) is 5.75 Å². The number of hydrogen-bond donors (Lipinski definition) is 2. The van der Waals surface area contributed by atoms with E-state index in [-0.39, 0.29) is 30.1 Å². The normalized spacial score (nSPS) is 23.3. The molecule has 2 aliphatic heterocycles. The van der Waals surface area contributed by atoms with Crippen molar-refractivity contribution in [3.63, 3.8) is 0 Å². The van der Waals surface area contributed by atoms with Crippen molar-refractivity contribution < 1.29 is 9.90 Å². The highest BCUT2D eigenvalue weighted by Crippen LogP contribution is 2.36. The predicted octanol–water partition coefficient (Wildman–Crippen LogP) is 4.33. The van der Waals surface area contributed by atoms with Crippen molar-refractivity contribution in [2.45, 2.75) is 43.8 Å². The number of nitrogens with one attached hydrogen (secondary N) is 1. The van der Waals surface area contributed by atoms with Gasteiger partial charge in [0, 0.05) is 36.1 Å². The Balaban J connectivity index is 0.00000218. The third-order valence-corrected chi connectivity index (χ3v) is 6.91. The molecular weight excluding hydrogens is 398 g/mol. The molecule has 5 nitrogen and oxygen atoms in total. The van der Waals surface area contributed by atoms with Crippen LogP contribution in [-0.2, 0) is 7.05 Å². The van der Waals surface area contributed by atoms with Crippen molar-refractivity contribution in [2.75, 3.05) is 7.05 Å². The summed E-state index contributed by atoms with van der Waals surface area (Å²) in [5, 5.41) is 14.0. The van der Waals surface area contributed by atoms with Gasteiger partial charge >= 0.3 is 0 Å². The summed E-state index contributed by atoms with van der Waals surface area (Å²) >= 11 is 0. The number of para-hydroxylation sites is 1. The van der Waals surface area contributed by atoms with Gasteiger partial charge in [-0.2, -0.15) is 0 Å². The zero-order valence-electron chi connectivity index (χ0n) is 17.3. The number of carbonyl (C=O) groups excluding carboxylic acids is 1. The highest BCUT2D eigenvalue weighted by molar-refractivity contribution is 6.12. The SMILES string of the molecule is CN1C2CCC1CC(NC(=O)c1c(-c3ccc(O)cc3)n(C)c3ccccc13)C2.Cl. The molecular formula is C24H28ClN3O2. The number of hydrogen-bond acceptors (Lipinski definition) is 3. The van der Waals surface area contributed by atoms with Crippen molar-refractivity contribution in [3.05, 3.63) is 54.1 Å². The average Bonchev–Trinajstić information content (AvgIpc) is 3.11. The van der Waals surface area contributed by atoms with Crippen molar-refractivity contribution >= 4 is 29.2 Å². The van der Waals surface area contributed by atoms with Gasteiger partial charge in [-0.3, -0.25) is 4.79 Å². The second-order valence-corrected chi connectivity index (χ2v) is 8.54. The third-order valence-electron chi connectivity index (χ3n) is 6.91. The summed E-state index contributed by atoms with van der Waals surface area (Å²) in [5.41, 5.74) is 3.57. The lowest BCUT2D eigenvalue weighted by molar-refractivity contribution is 0.0884. The monoisotopic (exact) mass is 425 g/mol. The van der Waals surface area contributed by atoms with Crippen LogP contribution in [0.15, 0.2) is 48.5 Å². The number of amides is 1. The summed E-state index contributed by atoms with van der Waals surface area (Å²) < 4.78 is 2.08. The van der Waals surface area contributed by atoms with Crippen LogP contribution < -0.4 is 5.32 Å². The van der Waals surface area contributed by atoms with Gasteiger partial charge < -0.3 is 19.9 Å². The smallest absolute Gasteiger partial charge is 0.254 e. The molecule has 2 fully saturated rings. The van der Waals surface area contributed by atoms with Crippen LogP contribution in [0.3, 0.4) is 0 Å². The molecule has 158 valence electrons. The molecule has 2 unspecified atom stereocenters. The van der Waals surface area contributed by atoms with Crippen LogP contribution in [0.5, 0.6) is 5.75 Å². The Morgan fingerprint density at radius 2 is 1.63 bits per heavy atom. The molecule has 2 saturated heterocycles. The number of piperidine rings is 1. The molecule has 3 heterocycles. The Morgan fingerprint density at radius 3 is 2.30 bits per heavy atom. The number of phenolic OH excluding ortho intramolecular Hbond substituents is 1. The number of phenols is 1. The van der Waals surface area contributed by atoms with Crippen LogP contribution in [0.25, 0.3) is 22.2 Å². The Morgan fingerprint density at radius 1 is 1.00 bits per heavy atom. The summed E-state index contributed by atoms with van der Waals surface area (Å²) in [6, 6.07) is 16.5. The number of aromatic nitrogens is 1. The number of nitrogens with zero attached hydrogens (tertiary/aromatic N) is 2. The predicted molar refractivity (Wildman–Crippen MR) is 122 cm³/mol. The fraction of sp³-hybridized carbons (Fsp3) is 0.375. The number of aryl methyl sites for hydroxylation is 1. The van der Waals surface area contributed by atoms with E-state index >= 15 is 0 Å². The van der Waals surface area contributed by atoms with Crippen molar-refractivity contribution in [3.8, 4) is 17.0 Å². The van der Waals surface area contributed by atoms with Crippen LogP contribution in [-0.4, -0.2) is 45.7 Å². The van der Waals surface area contributed by atoms with Gasteiger partial charge in [0.05, 0.1) is 11.3 Å². The molecule has 1 amide bonds. The van der Waals surface area contributed by atoms with Gasteiger partial charge in [-0.1, -0.05) is 18.2 Å². The maximum Gasteiger partial charge on any atom is 0.254 e. The van der Waals surface area contributed by atoms with Crippen LogP contribution in [0.2, 0.25) is 0 Å². The first-order valence-corrected chi connectivity index (χ1v) is 10.4. The fourth-order valence-electron chi connectivity index (χ4n) is 5.37. The minimum absolute atomic E-state index is 0. The lowest BCUT2D eigenvalue weighted by atomic mass is 9.97. The lowest BCUT2D eigenvalue weighted by Gasteiger charge is -2.36. The summed E-state index contributed by atoms with van der Waals surface area (Å²) in [4.78, 5) is 16.0. The van der Waals surface area contributed by atoms with E-state index in [1.54, 1.807) is 12.1 Å². The van der Waals surface area contributed by atoms with Gasteiger partial charge in [0.2, 0.25) is 0 Å². The molecule has 5 rings (SSSR count). The van der Waals surface area contributed by atoms with E-state index in [1.165, 1.54) is 12.8 Å². The highest BCUT2D eigenvalue weighted by atomic mass is 35.5. The van der Waals surface area contributed by atoms with Gasteiger partial charge in [-0.05, 0) is 68.6 Å². The summed E-state index contributed by atoms with van der Waals surface area (Å²) in [6.45, 7) is 0. The quantitative estimate of drug-likeness (QED) is 0.656. The molecule has 2 atom stereocenters. The second-order valence-electron chi connectivity index (χ2n) is 8.54. The highest BCUT2D eigenvalue weighted by Gasteiger charge is 2.39. The topological polar surface area (TPSA) is 57.5 Å². The Hall–Kier alpha value is -2.50. The van der Waals surface area contributed by atoms with Crippen molar-refractivity contribution in [1.82, 2.24) is 14.8 Å². The molecule has 6 heteroatoms. The molecule has 30 heavy (non-hydrogen) atoms. The van der Waals surface area contributed by atoms with Gasteiger partial charge in [-0.25, -0.2) is 0 Å². The number of fused-ring (bicyclic) bond motifs is 3. The molecule has 2 bridgehead atoms. The van der Waals surface area contributed by atoms with Crippen LogP contribution in [0.4, 0.5) is 0 Å². The third kappa shape index (κ3) is 3.36. The molecule has 3 aromatic rings. The molecule has 0 spiro atoms. The van der Waals surface area contributed by atoms with E-state index in [1.807, 2.05) is 43.4 Å².